The molecule has 0 N–H and O–H groups in total. The molecule has 0 saturated heterocycles. The molecule has 11 heavy (non-hydrogen) atoms. The van der Waals surface area contributed by atoms with E-state index in [0.717, 1.165) is 37.7 Å². The van der Waals surface area contributed by atoms with Crippen LogP contribution in [0.4, 0.5) is 0 Å². The molecule has 0 amide bonds. The lowest BCUT2D eigenvalue weighted by Crippen LogP contribution is -1.96. The first kappa shape index (κ1) is 11.2. The normalized spacial score (nSPS) is 11.9. The zero-order valence-electron chi connectivity index (χ0n) is 8.14. The Labute approximate surface area is 71.4 Å². The van der Waals surface area contributed by atoms with Gasteiger partial charge in [0.1, 0.15) is 0 Å². The monoisotopic (exact) mass is 174 g/mol. The molecule has 0 heterocycles. The van der Waals surface area contributed by atoms with Crippen LogP contribution in [0.3, 0.4) is 0 Å². The van der Waals surface area contributed by atoms with Crippen molar-refractivity contribution in [2.24, 2.45) is 0 Å². The fourth-order valence-corrected chi connectivity index (χ4v) is 4.75. The molecule has 0 spiro atoms. The van der Waals surface area contributed by atoms with Gasteiger partial charge in [0.25, 0.3) is 0 Å². The first-order valence-corrected chi connectivity index (χ1v) is 7.07. The van der Waals surface area contributed by atoms with Crippen molar-refractivity contribution < 1.29 is 0 Å². The van der Waals surface area contributed by atoms with Crippen molar-refractivity contribution in [2.45, 2.75) is 40.0 Å². The van der Waals surface area contributed by atoms with Crippen molar-refractivity contribution in [3.63, 3.8) is 0 Å². The summed E-state index contributed by atoms with van der Waals surface area (Å²) in [4.78, 5) is 0. The number of nitrogens with zero attached hydrogens (tertiary/aromatic N) is 1. The first-order chi connectivity index (χ1) is 5.18. The maximum absolute atomic E-state index is 10.1. The number of hydrogen-bond acceptors (Lipinski definition) is 0. The Morgan fingerprint density at radius 3 is 1.27 bits per heavy atom. The van der Waals surface area contributed by atoms with Crippen LogP contribution in [0.2, 0.25) is 0 Å². The van der Waals surface area contributed by atoms with E-state index in [2.05, 4.69) is 20.8 Å². The summed E-state index contributed by atoms with van der Waals surface area (Å²) in [5.74, 6) is 0. The molecule has 0 saturated carbocycles. The van der Waals surface area contributed by atoms with Crippen molar-refractivity contribution >= 4 is 7.05 Å². The number of hydrogen-bond donors (Lipinski definition) is 0. The average molecular weight is 174 g/mol. The van der Waals surface area contributed by atoms with Crippen molar-refractivity contribution in [3.05, 3.63) is 5.16 Å². The van der Waals surface area contributed by atoms with Crippen molar-refractivity contribution in [1.29, 1.82) is 0 Å². The van der Waals surface area contributed by atoms with Gasteiger partial charge in [0.2, 0.25) is 0 Å². The van der Waals surface area contributed by atoms with Crippen LogP contribution in [0, 0.1) is 0 Å². The van der Waals surface area contributed by atoms with Gasteiger partial charge in [0.15, 0.2) is 0 Å². The molecule has 0 rings (SSSR count). The van der Waals surface area contributed by atoms with Gasteiger partial charge in [-0.25, -0.2) is 7.05 Å². The van der Waals surface area contributed by atoms with E-state index < -0.39 is 7.05 Å². The van der Waals surface area contributed by atoms with E-state index in [1.54, 1.807) is 0 Å². The quantitative estimate of drug-likeness (QED) is 0.543. The molecule has 0 aliphatic carbocycles. The van der Waals surface area contributed by atoms with Gasteiger partial charge in [0, 0.05) is 0 Å². The molecule has 0 bridgehead atoms. The van der Waals surface area contributed by atoms with E-state index >= 15 is 0 Å². The molecule has 68 valence electrons. The highest BCUT2D eigenvalue weighted by atomic mass is 31.2. The van der Waals surface area contributed by atoms with Crippen LogP contribution in [-0.4, -0.2) is 18.5 Å². The van der Waals surface area contributed by atoms with Crippen molar-refractivity contribution in [2.75, 3.05) is 18.5 Å². The predicted octanol–water partition coefficient (Wildman–Crippen LogP) is 3.99. The summed E-state index contributed by atoms with van der Waals surface area (Å²) in [6, 6.07) is 0. The van der Waals surface area contributed by atoms with Gasteiger partial charge < -0.3 is 5.16 Å². The van der Waals surface area contributed by atoms with E-state index in [9.17, 15) is 5.16 Å². The predicted molar refractivity (Wildman–Crippen MR) is 55.8 cm³/mol. The lowest BCUT2D eigenvalue weighted by Gasteiger charge is -2.31. The highest BCUT2D eigenvalue weighted by Gasteiger charge is 2.03. The maximum atomic E-state index is 10.1. The summed E-state index contributed by atoms with van der Waals surface area (Å²) >= 11 is 0. The molecule has 0 aromatic heterocycles. The van der Waals surface area contributed by atoms with E-state index in [4.69, 9.17) is 0 Å². The van der Waals surface area contributed by atoms with Crippen LogP contribution in [0.5, 0.6) is 0 Å². The highest BCUT2D eigenvalue weighted by molar-refractivity contribution is 7.67. The van der Waals surface area contributed by atoms with Gasteiger partial charge in [-0.1, -0.05) is 58.5 Å². The van der Waals surface area contributed by atoms with Gasteiger partial charge in [-0.15, -0.1) is 0 Å². The summed E-state index contributed by atoms with van der Waals surface area (Å²) in [7, 11) is -1.47. The van der Waals surface area contributed by atoms with Crippen LogP contribution in [-0.2, 0) is 0 Å². The second-order valence-corrected chi connectivity index (χ2v) is 6.80. The molecule has 0 radical (unpaired) electrons. The van der Waals surface area contributed by atoms with Gasteiger partial charge in [0.05, 0.1) is 0 Å². The van der Waals surface area contributed by atoms with Gasteiger partial charge in [-0.2, -0.15) is 0 Å². The average Bonchev–Trinajstić information content (AvgIpc) is 1.88. The van der Waals surface area contributed by atoms with E-state index in [1.807, 2.05) is 0 Å². The molecule has 0 aromatic rings. The van der Waals surface area contributed by atoms with Crippen molar-refractivity contribution in [3.8, 4) is 0 Å². The summed E-state index contributed by atoms with van der Waals surface area (Å²) in [5.41, 5.74) is 0. The standard InChI is InChI=1S/C9H21NP/c1-4-7-11(10,8-5-2)9-6-3/h4-9H2,1-3H3/q-1. The van der Waals surface area contributed by atoms with Gasteiger partial charge in [-0.05, 0) is 0 Å². The minimum absolute atomic E-state index is 1.08. The Morgan fingerprint density at radius 2 is 1.09 bits per heavy atom. The van der Waals surface area contributed by atoms with Crippen LogP contribution in [0.15, 0.2) is 0 Å². The molecule has 2 heteroatoms. The molecule has 0 aromatic carbocycles. The Balaban J connectivity index is 3.91. The Hall–Kier alpha value is 0.230. The third-order valence-electron chi connectivity index (χ3n) is 1.92. The zero-order chi connectivity index (χ0) is 8.74. The molecule has 0 fully saturated rings. The molecule has 0 aliphatic heterocycles. The van der Waals surface area contributed by atoms with E-state index in [1.165, 1.54) is 0 Å². The molecular formula is C9H21NP-. The topological polar surface area (TPSA) is 22.3 Å². The lowest BCUT2D eigenvalue weighted by molar-refractivity contribution is 1.01. The Morgan fingerprint density at radius 1 is 0.818 bits per heavy atom. The largest absolute Gasteiger partial charge is 0.808 e. The highest BCUT2D eigenvalue weighted by Crippen LogP contribution is 2.48. The minimum atomic E-state index is -1.47. The molecular weight excluding hydrogens is 153 g/mol. The second-order valence-electron chi connectivity index (χ2n) is 3.27. The summed E-state index contributed by atoms with van der Waals surface area (Å²) < 4.78 is 0. The van der Waals surface area contributed by atoms with Crippen molar-refractivity contribution in [1.82, 2.24) is 0 Å². The minimum Gasteiger partial charge on any atom is -0.808 e. The summed E-state index contributed by atoms with van der Waals surface area (Å²) in [6.45, 7) is 6.49. The third kappa shape index (κ3) is 4.63. The maximum Gasteiger partial charge on any atom is -0.0522 e. The van der Waals surface area contributed by atoms with Crippen LogP contribution < -0.4 is 0 Å². The van der Waals surface area contributed by atoms with Crippen LogP contribution in [0.1, 0.15) is 40.0 Å². The summed E-state index contributed by atoms with van der Waals surface area (Å²) in [5, 5.41) is 10.1. The smallest absolute Gasteiger partial charge is 0.0522 e. The van der Waals surface area contributed by atoms with Crippen LogP contribution >= 0.6 is 7.05 Å². The SMILES string of the molecule is CCCP(=[N-])(CCC)CCC. The summed E-state index contributed by atoms with van der Waals surface area (Å²) in [6.07, 6.45) is 6.66. The fourth-order valence-electron chi connectivity index (χ4n) is 1.58. The van der Waals surface area contributed by atoms with Crippen LogP contribution in [0.25, 0.3) is 5.16 Å². The third-order valence-corrected chi connectivity index (χ3v) is 5.76. The fraction of sp³-hybridized carbons (Fsp3) is 1.00. The molecule has 0 atom stereocenters. The Bertz CT molecular complexity index is 108. The van der Waals surface area contributed by atoms with E-state index in [-0.39, 0.29) is 0 Å². The van der Waals surface area contributed by atoms with Gasteiger partial charge >= 0.3 is 0 Å². The number of rotatable bonds is 6. The van der Waals surface area contributed by atoms with Gasteiger partial charge in [-0.3, -0.25) is 0 Å². The zero-order valence-corrected chi connectivity index (χ0v) is 9.03. The lowest BCUT2D eigenvalue weighted by atomic mass is 10.6. The first-order valence-electron chi connectivity index (χ1n) is 4.77. The molecule has 0 unspecified atom stereocenters. The molecule has 0 aliphatic rings. The second kappa shape index (κ2) is 5.83. The van der Waals surface area contributed by atoms with E-state index in [0.29, 0.717) is 0 Å². The molecule has 1 nitrogen and oxygen atoms in total. The Kier molecular flexibility index (Phi) is 5.95.